The molecule has 1 fully saturated rings. The molecule has 0 amide bonds. The number of hydrogen-bond acceptors (Lipinski definition) is 3. The molecule has 21 heavy (non-hydrogen) atoms. The molecule has 1 saturated carbocycles. The van der Waals surface area contributed by atoms with E-state index < -0.39 is 6.10 Å². The van der Waals surface area contributed by atoms with Gasteiger partial charge in [0.15, 0.2) is 0 Å². The number of nitrogens with zero attached hydrogens (tertiary/aromatic N) is 2. The average molecular weight is 288 g/mol. The number of rotatable bonds is 3. The van der Waals surface area contributed by atoms with Gasteiger partial charge in [0.1, 0.15) is 0 Å². The van der Waals surface area contributed by atoms with E-state index in [0.29, 0.717) is 5.92 Å². The quantitative estimate of drug-likeness (QED) is 0.912. The fourth-order valence-electron chi connectivity index (χ4n) is 3.51. The monoisotopic (exact) mass is 288 g/mol. The highest BCUT2D eigenvalue weighted by atomic mass is 16.3. The molecule has 3 rings (SSSR count). The van der Waals surface area contributed by atoms with E-state index in [0.717, 1.165) is 36.8 Å². The minimum absolute atomic E-state index is 0.191. The molecule has 0 unspecified atom stereocenters. The molecule has 0 spiro atoms. The zero-order valence-electron chi connectivity index (χ0n) is 12.7. The Morgan fingerprint density at radius 3 is 2.62 bits per heavy atom. The summed E-state index contributed by atoms with van der Waals surface area (Å²) in [5, 5.41) is 20.6. The Morgan fingerprint density at radius 1 is 1.24 bits per heavy atom. The Labute approximate surface area is 125 Å². The lowest BCUT2D eigenvalue weighted by molar-refractivity contribution is 0.0414. The standard InChI is InChI=1S/C17H24N2O2/c1-11(2)14-7-8-19-10-18-9-15(19)16(14)17(21)12-3-5-13(20)6-4-12/h7-13,17,20-21H,3-6H2,1-2H3/t12?,13?,17-/m0/s1. The van der Waals surface area contributed by atoms with Crippen LogP contribution in [0, 0.1) is 5.92 Å². The summed E-state index contributed by atoms with van der Waals surface area (Å²) in [6.07, 6.45) is 8.31. The third-order valence-electron chi connectivity index (χ3n) is 4.77. The molecular weight excluding hydrogens is 264 g/mol. The summed E-state index contributed by atoms with van der Waals surface area (Å²) in [6.45, 7) is 4.31. The Hall–Kier alpha value is -1.39. The summed E-state index contributed by atoms with van der Waals surface area (Å²) in [6, 6.07) is 2.09. The lowest BCUT2D eigenvalue weighted by Gasteiger charge is -2.31. The molecule has 0 aromatic carbocycles. The second-order valence-electron chi connectivity index (χ2n) is 6.54. The van der Waals surface area contributed by atoms with E-state index in [2.05, 4.69) is 24.9 Å². The van der Waals surface area contributed by atoms with Crippen molar-refractivity contribution in [1.29, 1.82) is 0 Å². The van der Waals surface area contributed by atoms with E-state index in [1.165, 1.54) is 5.56 Å². The van der Waals surface area contributed by atoms with Crippen molar-refractivity contribution in [3.63, 3.8) is 0 Å². The Bertz CT molecular complexity index is 612. The van der Waals surface area contributed by atoms with E-state index >= 15 is 0 Å². The molecule has 0 aliphatic heterocycles. The van der Waals surface area contributed by atoms with E-state index in [1.807, 2.05) is 16.8 Å². The van der Waals surface area contributed by atoms with E-state index in [1.54, 1.807) is 6.33 Å². The van der Waals surface area contributed by atoms with Gasteiger partial charge < -0.3 is 14.6 Å². The largest absolute Gasteiger partial charge is 0.393 e. The van der Waals surface area contributed by atoms with Crippen LogP contribution in [0.1, 0.15) is 62.7 Å². The van der Waals surface area contributed by atoms with Crippen LogP contribution in [0.3, 0.4) is 0 Å². The van der Waals surface area contributed by atoms with Crippen molar-refractivity contribution in [2.24, 2.45) is 5.92 Å². The van der Waals surface area contributed by atoms with Gasteiger partial charge in [-0.2, -0.15) is 0 Å². The molecule has 0 radical (unpaired) electrons. The minimum Gasteiger partial charge on any atom is -0.393 e. The highest BCUT2D eigenvalue weighted by molar-refractivity contribution is 5.58. The molecule has 4 heteroatoms. The first-order valence-corrected chi connectivity index (χ1v) is 7.88. The average Bonchev–Trinajstić information content (AvgIpc) is 2.94. The molecule has 4 nitrogen and oxygen atoms in total. The summed E-state index contributed by atoms with van der Waals surface area (Å²) in [7, 11) is 0. The van der Waals surface area contributed by atoms with Crippen LogP contribution in [0.4, 0.5) is 0 Å². The summed E-state index contributed by atoms with van der Waals surface area (Å²) >= 11 is 0. The van der Waals surface area contributed by atoms with Crippen molar-refractivity contribution >= 4 is 5.52 Å². The van der Waals surface area contributed by atoms with Crippen molar-refractivity contribution < 1.29 is 10.2 Å². The molecule has 1 aliphatic carbocycles. The van der Waals surface area contributed by atoms with E-state index in [9.17, 15) is 10.2 Å². The fraction of sp³-hybridized carbons (Fsp3) is 0.588. The fourth-order valence-corrected chi connectivity index (χ4v) is 3.51. The lowest BCUT2D eigenvalue weighted by atomic mass is 9.79. The van der Waals surface area contributed by atoms with Crippen LogP contribution in [0.15, 0.2) is 24.8 Å². The van der Waals surface area contributed by atoms with Crippen LogP contribution in [0.25, 0.3) is 5.52 Å². The molecule has 0 bridgehead atoms. The maximum atomic E-state index is 11.0. The number of aromatic nitrogens is 2. The van der Waals surface area contributed by atoms with Gasteiger partial charge in [-0.15, -0.1) is 0 Å². The smallest absolute Gasteiger partial charge is 0.0992 e. The topological polar surface area (TPSA) is 57.8 Å². The molecule has 2 aromatic rings. The second-order valence-corrected chi connectivity index (χ2v) is 6.54. The molecule has 114 valence electrons. The second kappa shape index (κ2) is 5.78. The van der Waals surface area contributed by atoms with Gasteiger partial charge in [0, 0.05) is 11.8 Å². The van der Waals surface area contributed by atoms with Crippen molar-refractivity contribution in [1.82, 2.24) is 9.38 Å². The zero-order valence-corrected chi connectivity index (χ0v) is 12.7. The van der Waals surface area contributed by atoms with E-state index in [-0.39, 0.29) is 12.0 Å². The third kappa shape index (κ3) is 2.70. The first-order chi connectivity index (χ1) is 10.1. The molecule has 2 N–H and O–H groups in total. The molecule has 1 atom stereocenters. The van der Waals surface area contributed by atoms with Crippen molar-refractivity contribution in [3.8, 4) is 0 Å². The lowest BCUT2D eigenvalue weighted by Crippen LogP contribution is -2.24. The summed E-state index contributed by atoms with van der Waals surface area (Å²) < 4.78 is 1.97. The number of pyridine rings is 1. The predicted octanol–water partition coefficient (Wildman–Crippen LogP) is 3.04. The first-order valence-electron chi connectivity index (χ1n) is 7.88. The van der Waals surface area contributed by atoms with Crippen LogP contribution < -0.4 is 0 Å². The number of fused-ring (bicyclic) bond motifs is 1. The minimum atomic E-state index is -0.477. The number of imidazole rings is 1. The Morgan fingerprint density at radius 2 is 1.95 bits per heavy atom. The van der Waals surface area contributed by atoms with Gasteiger partial charge in [-0.1, -0.05) is 13.8 Å². The number of aliphatic hydroxyl groups excluding tert-OH is 2. The van der Waals surface area contributed by atoms with Crippen LogP contribution >= 0.6 is 0 Å². The molecule has 0 saturated heterocycles. The van der Waals surface area contributed by atoms with Gasteiger partial charge in [0.2, 0.25) is 0 Å². The predicted molar refractivity (Wildman–Crippen MR) is 82.2 cm³/mol. The van der Waals surface area contributed by atoms with Gasteiger partial charge in [0.25, 0.3) is 0 Å². The zero-order chi connectivity index (χ0) is 15.0. The van der Waals surface area contributed by atoms with Crippen molar-refractivity contribution in [2.45, 2.75) is 57.7 Å². The van der Waals surface area contributed by atoms with Crippen molar-refractivity contribution in [2.75, 3.05) is 0 Å². The summed E-state index contributed by atoms with van der Waals surface area (Å²) in [5.74, 6) is 0.593. The van der Waals surface area contributed by atoms with Gasteiger partial charge in [0.05, 0.1) is 30.2 Å². The van der Waals surface area contributed by atoms with E-state index in [4.69, 9.17) is 0 Å². The SMILES string of the molecule is CC(C)c1ccn2cncc2c1[C@@H](O)C1CCC(O)CC1. The maximum Gasteiger partial charge on any atom is 0.0992 e. The highest BCUT2D eigenvalue weighted by Crippen LogP contribution is 2.39. The van der Waals surface area contributed by atoms with Crippen LogP contribution in [0.2, 0.25) is 0 Å². The maximum absolute atomic E-state index is 11.0. The number of hydrogen-bond donors (Lipinski definition) is 2. The molecule has 2 aromatic heterocycles. The van der Waals surface area contributed by atoms with Gasteiger partial charge >= 0.3 is 0 Å². The molecule has 2 heterocycles. The Kier molecular flexibility index (Phi) is 4.00. The molecule has 1 aliphatic rings. The van der Waals surface area contributed by atoms with Crippen molar-refractivity contribution in [3.05, 3.63) is 35.9 Å². The first kappa shape index (κ1) is 14.5. The Balaban J connectivity index is 2.01. The molecular formula is C17H24N2O2. The van der Waals surface area contributed by atoms with Crippen LogP contribution in [-0.2, 0) is 0 Å². The summed E-state index contributed by atoms with van der Waals surface area (Å²) in [5.41, 5.74) is 3.22. The van der Waals surface area contributed by atoms with Crippen LogP contribution in [0.5, 0.6) is 0 Å². The number of aliphatic hydroxyl groups is 2. The van der Waals surface area contributed by atoms with Crippen LogP contribution in [-0.4, -0.2) is 25.7 Å². The van der Waals surface area contributed by atoms with Gasteiger partial charge in [-0.05, 0) is 49.1 Å². The third-order valence-corrected chi connectivity index (χ3v) is 4.77. The normalized spacial score (nSPS) is 24.6. The van der Waals surface area contributed by atoms with Gasteiger partial charge in [-0.3, -0.25) is 0 Å². The van der Waals surface area contributed by atoms with Gasteiger partial charge in [-0.25, -0.2) is 4.98 Å². The summed E-state index contributed by atoms with van der Waals surface area (Å²) in [4.78, 5) is 4.21. The highest BCUT2D eigenvalue weighted by Gasteiger charge is 2.29.